The van der Waals surface area contributed by atoms with Crippen molar-refractivity contribution >= 4 is 34.4 Å². The van der Waals surface area contributed by atoms with Gasteiger partial charge in [-0.3, -0.25) is 10.4 Å². The first-order chi connectivity index (χ1) is 11.3. The van der Waals surface area contributed by atoms with Gasteiger partial charge in [0.05, 0.1) is 0 Å². The molecule has 23 heavy (non-hydrogen) atoms. The van der Waals surface area contributed by atoms with Crippen LogP contribution in [0.15, 0.2) is 59.1 Å². The minimum absolute atomic E-state index is 0.231. The number of thiophene rings is 1. The largest absolute Gasteiger partial charge is 0.331 e. The number of hydrogen-bond donors (Lipinski definition) is 2. The van der Waals surface area contributed by atoms with E-state index in [2.05, 4.69) is 33.3 Å². The number of hydrazine groups is 1. The highest BCUT2D eigenvalue weighted by molar-refractivity contribution is 7.80. The van der Waals surface area contributed by atoms with E-state index in [9.17, 15) is 0 Å². The van der Waals surface area contributed by atoms with E-state index in [1.807, 2.05) is 30.3 Å². The van der Waals surface area contributed by atoms with Crippen LogP contribution in [0.1, 0.15) is 36.6 Å². The summed E-state index contributed by atoms with van der Waals surface area (Å²) >= 11 is 7.50. The molecule has 2 heterocycles. The molecule has 1 aromatic heterocycles. The molecule has 1 aliphatic carbocycles. The van der Waals surface area contributed by atoms with Gasteiger partial charge in [-0.1, -0.05) is 24.3 Å². The van der Waals surface area contributed by atoms with Crippen LogP contribution in [0.2, 0.25) is 0 Å². The molecule has 3 nitrogen and oxygen atoms in total. The molecule has 5 heteroatoms. The summed E-state index contributed by atoms with van der Waals surface area (Å²) in [6.45, 7) is 0. The number of nitrogens with zero attached hydrogens (tertiary/aromatic N) is 1. The van der Waals surface area contributed by atoms with E-state index in [-0.39, 0.29) is 6.04 Å². The smallest absolute Gasteiger partial charge is 0.193 e. The van der Waals surface area contributed by atoms with E-state index < -0.39 is 0 Å². The minimum atomic E-state index is 0.231. The molecule has 1 aliphatic heterocycles. The molecule has 0 spiro atoms. The van der Waals surface area contributed by atoms with Gasteiger partial charge < -0.3 is 5.32 Å². The number of thiocarbonyl (C=S) groups is 1. The summed E-state index contributed by atoms with van der Waals surface area (Å²) in [7, 11) is 0. The van der Waals surface area contributed by atoms with Gasteiger partial charge in [0.2, 0.25) is 0 Å². The lowest BCUT2D eigenvalue weighted by Gasteiger charge is -2.28. The molecule has 0 saturated heterocycles. The Kier molecular flexibility index (Phi) is 4.06. The van der Waals surface area contributed by atoms with E-state index >= 15 is 0 Å². The maximum Gasteiger partial charge on any atom is 0.193 e. The lowest BCUT2D eigenvalue weighted by molar-refractivity contribution is 0.330. The lowest BCUT2D eigenvalue weighted by Crippen LogP contribution is -2.42. The molecule has 0 saturated carbocycles. The van der Waals surface area contributed by atoms with Crippen LogP contribution in [0.5, 0.6) is 0 Å². The van der Waals surface area contributed by atoms with E-state index in [4.69, 9.17) is 12.2 Å². The van der Waals surface area contributed by atoms with Gasteiger partial charge in [-0.05, 0) is 67.1 Å². The molecule has 0 fully saturated rings. The van der Waals surface area contributed by atoms with Crippen molar-refractivity contribution in [1.29, 1.82) is 0 Å². The van der Waals surface area contributed by atoms with E-state index in [0.717, 1.165) is 23.6 Å². The zero-order valence-electron chi connectivity index (χ0n) is 12.8. The molecule has 4 rings (SSSR count). The van der Waals surface area contributed by atoms with Gasteiger partial charge in [0.25, 0.3) is 0 Å². The molecule has 1 aromatic carbocycles. The van der Waals surface area contributed by atoms with Crippen molar-refractivity contribution in [2.45, 2.75) is 31.7 Å². The second-order valence-corrected chi connectivity index (χ2v) is 7.27. The van der Waals surface area contributed by atoms with Crippen LogP contribution in [0.4, 0.5) is 5.69 Å². The summed E-state index contributed by atoms with van der Waals surface area (Å²) in [6, 6.07) is 14.7. The molecule has 0 bridgehead atoms. The monoisotopic (exact) mass is 341 g/mol. The lowest BCUT2D eigenvalue weighted by atomic mass is 9.92. The third-order valence-electron chi connectivity index (χ3n) is 4.41. The molecular formula is C18H19N3S2. The van der Waals surface area contributed by atoms with Crippen molar-refractivity contribution in [3.63, 3.8) is 0 Å². The Morgan fingerprint density at radius 2 is 1.96 bits per heavy atom. The van der Waals surface area contributed by atoms with E-state index in [1.165, 1.54) is 29.0 Å². The fourth-order valence-corrected chi connectivity index (χ4v) is 4.46. The average molecular weight is 342 g/mol. The Labute approximate surface area is 146 Å². The molecule has 0 radical (unpaired) electrons. The molecule has 118 valence electrons. The van der Waals surface area contributed by atoms with E-state index in [1.54, 1.807) is 11.3 Å². The highest BCUT2D eigenvalue weighted by Crippen LogP contribution is 2.42. The Balaban J connectivity index is 1.61. The Morgan fingerprint density at radius 1 is 1.13 bits per heavy atom. The van der Waals surface area contributed by atoms with Gasteiger partial charge in [-0.15, -0.1) is 11.3 Å². The third kappa shape index (κ3) is 2.86. The molecular weight excluding hydrogens is 322 g/mol. The fraction of sp³-hybridized carbons (Fsp3) is 0.278. The highest BCUT2D eigenvalue weighted by Gasteiger charge is 2.36. The molecule has 1 atom stereocenters. The first-order valence-electron chi connectivity index (χ1n) is 8.00. The predicted molar refractivity (Wildman–Crippen MR) is 100 cm³/mol. The van der Waals surface area contributed by atoms with Crippen molar-refractivity contribution in [3.05, 3.63) is 64.0 Å². The average Bonchev–Trinajstić information content (AvgIpc) is 3.22. The van der Waals surface area contributed by atoms with Gasteiger partial charge in [0, 0.05) is 16.3 Å². The van der Waals surface area contributed by atoms with Crippen LogP contribution in [0.25, 0.3) is 0 Å². The molecule has 1 unspecified atom stereocenters. The van der Waals surface area contributed by atoms with Crippen molar-refractivity contribution in [2.75, 3.05) is 5.32 Å². The number of para-hydroxylation sites is 1. The van der Waals surface area contributed by atoms with Crippen molar-refractivity contribution in [2.24, 2.45) is 0 Å². The second kappa shape index (κ2) is 6.34. The zero-order chi connectivity index (χ0) is 15.6. The van der Waals surface area contributed by atoms with Crippen LogP contribution in [0, 0.1) is 0 Å². The van der Waals surface area contributed by atoms with E-state index in [0.29, 0.717) is 0 Å². The van der Waals surface area contributed by atoms with Gasteiger partial charge in [-0.2, -0.15) is 0 Å². The SMILES string of the molecule is S=C(Nc1ccccc1)N1NC2=C(CCCC2)C1c1cccs1. The van der Waals surface area contributed by atoms with Gasteiger partial charge >= 0.3 is 0 Å². The first-order valence-corrected chi connectivity index (χ1v) is 9.29. The Morgan fingerprint density at radius 3 is 2.74 bits per heavy atom. The van der Waals surface area contributed by atoms with Crippen LogP contribution < -0.4 is 10.7 Å². The second-order valence-electron chi connectivity index (χ2n) is 5.91. The Hall–Kier alpha value is -1.85. The number of nitrogens with one attached hydrogen (secondary N) is 2. The maximum absolute atomic E-state index is 5.70. The van der Waals surface area contributed by atoms with Crippen LogP contribution in [0.3, 0.4) is 0 Å². The summed E-state index contributed by atoms with van der Waals surface area (Å²) in [4.78, 5) is 1.35. The van der Waals surface area contributed by atoms with Gasteiger partial charge in [-0.25, -0.2) is 0 Å². The molecule has 2 N–H and O–H groups in total. The van der Waals surface area contributed by atoms with Crippen LogP contribution >= 0.6 is 23.6 Å². The summed E-state index contributed by atoms with van der Waals surface area (Å²) < 4.78 is 0. The topological polar surface area (TPSA) is 27.3 Å². The first kappa shape index (κ1) is 14.7. The van der Waals surface area contributed by atoms with Crippen molar-refractivity contribution in [1.82, 2.24) is 10.4 Å². The standard InChI is InChI=1S/C18H19N3S2/c22-18(19-13-7-2-1-3-8-13)21-17(16-11-6-12-23-16)14-9-4-5-10-15(14)20-21/h1-3,6-8,11-12,17,20H,4-5,9-10H2,(H,19,22). The fourth-order valence-electron chi connectivity index (χ4n) is 3.34. The summed E-state index contributed by atoms with van der Waals surface area (Å²) in [5.41, 5.74) is 7.47. The number of hydrogen-bond acceptors (Lipinski definition) is 3. The maximum atomic E-state index is 5.70. The zero-order valence-corrected chi connectivity index (χ0v) is 14.4. The summed E-state index contributed by atoms with van der Waals surface area (Å²) in [5, 5.41) is 8.35. The van der Waals surface area contributed by atoms with Crippen LogP contribution in [-0.2, 0) is 0 Å². The number of anilines is 1. The minimum Gasteiger partial charge on any atom is -0.331 e. The normalized spacial score (nSPS) is 20.2. The van der Waals surface area contributed by atoms with Crippen molar-refractivity contribution in [3.8, 4) is 0 Å². The Bertz CT molecular complexity index is 722. The number of allylic oxidation sites excluding steroid dienone is 1. The molecule has 0 amide bonds. The molecule has 2 aromatic rings. The van der Waals surface area contributed by atoms with Gasteiger partial charge in [0.1, 0.15) is 6.04 Å². The summed E-state index contributed by atoms with van der Waals surface area (Å²) in [5.74, 6) is 0. The molecule has 2 aliphatic rings. The van der Waals surface area contributed by atoms with Crippen molar-refractivity contribution < 1.29 is 0 Å². The number of benzene rings is 1. The highest BCUT2D eigenvalue weighted by atomic mass is 32.1. The van der Waals surface area contributed by atoms with Crippen LogP contribution in [-0.4, -0.2) is 10.1 Å². The predicted octanol–water partition coefficient (Wildman–Crippen LogP) is 4.83. The van der Waals surface area contributed by atoms with Gasteiger partial charge in [0.15, 0.2) is 5.11 Å². The number of rotatable bonds is 2. The summed E-state index contributed by atoms with van der Waals surface area (Å²) in [6.07, 6.45) is 4.82. The quantitative estimate of drug-likeness (QED) is 0.765. The third-order valence-corrected chi connectivity index (χ3v) is 5.63.